The van der Waals surface area contributed by atoms with Gasteiger partial charge in [0.15, 0.2) is 0 Å². The Labute approximate surface area is 156 Å². The largest absolute Gasteiger partial charge is 0.390 e. The quantitative estimate of drug-likeness (QED) is 0.345. The lowest BCUT2D eigenvalue weighted by atomic mass is 9.84. The first-order valence-electron chi connectivity index (χ1n) is 9.01. The number of hydrogen-bond acceptors (Lipinski definition) is 7. The predicted molar refractivity (Wildman–Crippen MR) is 96.7 cm³/mol. The molecule has 0 heterocycles. The van der Waals surface area contributed by atoms with Crippen molar-refractivity contribution in [1.29, 1.82) is 0 Å². The minimum atomic E-state index is -1.21. The first-order valence-corrected chi connectivity index (χ1v) is 9.01. The monoisotopic (exact) mass is 374 g/mol. The highest BCUT2D eigenvalue weighted by atomic mass is 16.5. The number of carbonyl (C=O) groups is 3. The van der Waals surface area contributed by atoms with Crippen molar-refractivity contribution in [2.45, 2.75) is 58.8 Å². The summed E-state index contributed by atoms with van der Waals surface area (Å²) in [5.41, 5.74) is 0. The van der Waals surface area contributed by atoms with E-state index in [4.69, 9.17) is 9.47 Å². The van der Waals surface area contributed by atoms with Crippen LogP contribution >= 0.6 is 0 Å². The van der Waals surface area contributed by atoms with Crippen LogP contribution in [0.1, 0.15) is 40.5 Å². The molecule has 0 bridgehead atoms. The fourth-order valence-electron chi connectivity index (χ4n) is 3.05. The molecule has 0 saturated heterocycles. The molecule has 26 heavy (non-hydrogen) atoms. The van der Waals surface area contributed by atoms with Crippen molar-refractivity contribution in [2.24, 2.45) is 23.7 Å². The summed E-state index contributed by atoms with van der Waals surface area (Å²) in [4.78, 5) is 35.4. The third-order valence-corrected chi connectivity index (χ3v) is 4.88. The lowest BCUT2D eigenvalue weighted by molar-refractivity contribution is -0.135. The highest BCUT2D eigenvalue weighted by molar-refractivity contribution is 5.94. The number of aliphatic hydroxyl groups is 2. The Bertz CT molecular complexity index is 451. The summed E-state index contributed by atoms with van der Waals surface area (Å²) < 4.78 is 10.2. The normalized spacial score (nSPS) is 19.7. The molecule has 0 aromatic carbocycles. The van der Waals surface area contributed by atoms with Gasteiger partial charge in [0.25, 0.3) is 0 Å². The van der Waals surface area contributed by atoms with Crippen molar-refractivity contribution >= 4 is 17.9 Å². The molecule has 7 atom stereocenters. The fourth-order valence-corrected chi connectivity index (χ4v) is 3.05. The summed E-state index contributed by atoms with van der Waals surface area (Å²) in [6.45, 7) is 6.56. The Hall–Kier alpha value is -1.15. The molecule has 0 rings (SSSR count). The maximum Gasteiger partial charge on any atom is 0.145 e. The van der Waals surface area contributed by atoms with Gasteiger partial charge >= 0.3 is 0 Å². The van der Waals surface area contributed by atoms with E-state index in [1.54, 1.807) is 27.7 Å². The number of methoxy groups -OCH3 is 2. The van der Waals surface area contributed by atoms with Crippen LogP contribution in [0.4, 0.5) is 0 Å². The lowest BCUT2D eigenvalue weighted by Crippen LogP contribution is -2.41. The summed E-state index contributed by atoms with van der Waals surface area (Å²) >= 11 is 0. The van der Waals surface area contributed by atoms with Crippen molar-refractivity contribution < 1.29 is 34.1 Å². The molecule has 7 nitrogen and oxygen atoms in total. The van der Waals surface area contributed by atoms with Gasteiger partial charge in [-0.1, -0.05) is 20.8 Å². The highest BCUT2D eigenvalue weighted by Gasteiger charge is 2.32. The first-order chi connectivity index (χ1) is 12.1. The molecular formula is C19H34O7. The number of ether oxygens (including phenoxy) is 2. The van der Waals surface area contributed by atoms with E-state index in [1.165, 1.54) is 14.2 Å². The predicted octanol–water partition coefficient (Wildman–Crippen LogP) is 1.03. The Balaban J connectivity index is 4.77. The lowest BCUT2D eigenvalue weighted by Gasteiger charge is -2.27. The zero-order valence-electron chi connectivity index (χ0n) is 16.7. The molecule has 0 aliphatic rings. The van der Waals surface area contributed by atoms with Crippen molar-refractivity contribution in [3.8, 4) is 0 Å². The van der Waals surface area contributed by atoms with Crippen molar-refractivity contribution in [1.82, 2.24) is 0 Å². The molecule has 0 radical (unpaired) electrons. The van der Waals surface area contributed by atoms with Crippen molar-refractivity contribution in [2.75, 3.05) is 20.8 Å². The minimum absolute atomic E-state index is 0.0532. The van der Waals surface area contributed by atoms with Gasteiger partial charge in [-0.3, -0.25) is 9.59 Å². The molecular weight excluding hydrogens is 340 g/mol. The van der Waals surface area contributed by atoms with Crippen molar-refractivity contribution in [3.63, 3.8) is 0 Å². The van der Waals surface area contributed by atoms with Gasteiger partial charge in [0, 0.05) is 32.0 Å². The van der Waals surface area contributed by atoms with E-state index < -0.39 is 30.0 Å². The van der Waals surface area contributed by atoms with E-state index >= 15 is 0 Å². The van der Waals surface area contributed by atoms with Gasteiger partial charge in [-0.25, -0.2) is 0 Å². The third-order valence-electron chi connectivity index (χ3n) is 4.88. The fraction of sp³-hybridized carbons (Fsp3) is 0.842. The Morgan fingerprint density at radius 3 is 1.88 bits per heavy atom. The van der Waals surface area contributed by atoms with Gasteiger partial charge in [-0.15, -0.1) is 0 Å². The zero-order chi connectivity index (χ0) is 20.4. The number of rotatable bonds is 14. The minimum Gasteiger partial charge on any atom is -0.390 e. The standard InChI is InChI=1S/C19H34O7/c1-11(17(22)13(3)9-20)7-15(26-6)8-12(2)18(23)14(4)19(24)16(21)10-25-5/h9,11-16,19,21,24H,7-8,10H2,1-6H3/t11-,12-,13?,14?,15?,16?,19?/m1/s1. The molecule has 0 aromatic heterocycles. The van der Waals surface area contributed by atoms with E-state index in [-0.39, 0.29) is 30.2 Å². The molecule has 0 aliphatic carbocycles. The second-order valence-electron chi connectivity index (χ2n) is 7.16. The summed E-state index contributed by atoms with van der Waals surface area (Å²) in [5, 5.41) is 19.9. The SMILES string of the molecule is COCC(O)C(O)C(C)C(=O)[C@H](C)CC(C[C@@H](C)C(=O)C(C)C=O)OC. The average Bonchev–Trinajstić information content (AvgIpc) is 2.63. The van der Waals surface area contributed by atoms with Crippen LogP contribution in [-0.2, 0) is 23.9 Å². The zero-order valence-corrected chi connectivity index (χ0v) is 16.7. The first kappa shape index (κ1) is 24.8. The van der Waals surface area contributed by atoms with E-state index in [9.17, 15) is 24.6 Å². The van der Waals surface area contributed by atoms with Gasteiger partial charge in [-0.2, -0.15) is 0 Å². The van der Waals surface area contributed by atoms with Gasteiger partial charge in [0.05, 0.1) is 24.7 Å². The molecule has 0 amide bonds. The van der Waals surface area contributed by atoms with E-state index in [1.807, 2.05) is 0 Å². The number of carbonyl (C=O) groups excluding carboxylic acids is 3. The number of aldehydes is 1. The van der Waals surface area contributed by atoms with Gasteiger partial charge in [0.1, 0.15) is 24.0 Å². The van der Waals surface area contributed by atoms with Gasteiger partial charge in [-0.05, 0) is 19.8 Å². The van der Waals surface area contributed by atoms with Crippen LogP contribution in [0.25, 0.3) is 0 Å². The molecule has 0 saturated carbocycles. The molecule has 152 valence electrons. The summed E-state index contributed by atoms with van der Waals surface area (Å²) in [6.07, 6.45) is -1.23. The van der Waals surface area contributed by atoms with Crippen LogP contribution in [0.2, 0.25) is 0 Å². The molecule has 0 aromatic rings. The third kappa shape index (κ3) is 7.61. The second kappa shape index (κ2) is 12.3. The Kier molecular flexibility index (Phi) is 11.7. The molecule has 5 unspecified atom stereocenters. The van der Waals surface area contributed by atoms with Gasteiger partial charge in [0.2, 0.25) is 0 Å². The number of ketones is 2. The maximum absolute atomic E-state index is 12.5. The average molecular weight is 374 g/mol. The van der Waals surface area contributed by atoms with Crippen LogP contribution in [-0.4, -0.2) is 67.2 Å². The maximum atomic E-state index is 12.5. The number of hydrogen-bond donors (Lipinski definition) is 2. The molecule has 0 spiro atoms. The van der Waals surface area contributed by atoms with Crippen LogP contribution in [0.3, 0.4) is 0 Å². The molecule has 2 N–H and O–H groups in total. The Morgan fingerprint density at radius 2 is 1.46 bits per heavy atom. The van der Waals surface area contributed by atoms with Crippen LogP contribution in [0.5, 0.6) is 0 Å². The van der Waals surface area contributed by atoms with E-state index in [2.05, 4.69) is 0 Å². The van der Waals surface area contributed by atoms with E-state index in [0.29, 0.717) is 19.1 Å². The smallest absolute Gasteiger partial charge is 0.145 e. The Morgan fingerprint density at radius 1 is 0.962 bits per heavy atom. The number of Topliss-reactive ketones (excluding diaryl/α,β-unsaturated/α-hetero) is 2. The van der Waals surface area contributed by atoms with Crippen LogP contribution < -0.4 is 0 Å². The highest BCUT2D eigenvalue weighted by Crippen LogP contribution is 2.23. The summed E-state index contributed by atoms with van der Waals surface area (Å²) in [5.74, 6) is -2.50. The van der Waals surface area contributed by atoms with Crippen LogP contribution in [0, 0.1) is 23.7 Å². The topological polar surface area (TPSA) is 110 Å². The summed E-state index contributed by atoms with van der Waals surface area (Å²) in [6, 6.07) is 0. The molecule has 0 aliphatic heterocycles. The van der Waals surface area contributed by atoms with E-state index in [0.717, 1.165) is 0 Å². The second-order valence-corrected chi connectivity index (χ2v) is 7.16. The molecule has 7 heteroatoms. The summed E-state index contributed by atoms with van der Waals surface area (Å²) in [7, 11) is 2.92. The van der Waals surface area contributed by atoms with Crippen LogP contribution in [0.15, 0.2) is 0 Å². The number of aliphatic hydroxyl groups excluding tert-OH is 2. The molecule has 0 fully saturated rings. The van der Waals surface area contributed by atoms with Gasteiger partial charge < -0.3 is 24.5 Å². The van der Waals surface area contributed by atoms with Crippen molar-refractivity contribution in [3.05, 3.63) is 0 Å².